The Morgan fingerprint density at radius 3 is 2.51 bits per heavy atom. The zero-order chi connectivity index (χ0) is 34.7. The van der Waals surface area contributed by atoms with E-state index in [1.165, 1.54) is 30.2 Å². The first-order valence-electron chi connectivity index (χ1n) is 14.0. The minimum Gasteiger partial charge on any atom is -0.467 e. The molecule has 1 saturated heterocycles. The number of primary sulfonamides is 1. The van der Waals surface area contributed by atoms with Gasteiger partial charge in [-0.3, -0.25) is 4.90 Å². The van der Waals surface area contributed by atoms with Crippen molar-refractivity contribution in [2.24, 2.45) is 5.14 Å². The fourth-order valence-corrected chi connectivity index (χ4v) is 6.19. The maximum absolute atomic E-state index is 13.2. The third-order valence-electron chi connectivity index (χ3n) is 7.32. The van der Waals surface area contributed by atoms with Crippen LogP contribution in [0.5, 0.6) is 0 Å². The quantitative estimate of drug-likeness (QED) is 0.198. The molecule has 0 bridgehead atoms. The summed E-state index contributed by atoms with van der Waals surface area (Å²) in [5.74, 6) is -3.62. The molecule has 1 aliphatic rings. The van der Waals surface area contributed by atoms with Crippen LogP contribution in [0.1, 0.15) is 49.4 Å². The van der Waals surface area contributed by atoms with Gasteiger partial charge in [-0.15, -0.1) is 0 Å². The van der Waals surface area contributed by atoms with E-state index in [0.717, 1.165) is 6.07 Å². The largest absolute Gasteiger partial charge is 0.467 e. The van der Waals surface area contributed by atoms with E-state index in [4.69, 9.17) is 51.7 Å². The number of anilines is 1. The van der Waals surface area contributed by atoms with Crippen LogP contribution < -0.4 is 10.5 Å². The highest BCUT2D eigenvalue weighted by Gasteiger charge is 2.53. The summed E-state index contributed by atoms with van der Waals surface area (Å²) in [6.45, 7) is 5.33. The number of amides is 1. The molecule has 47 heavy (non-hydrogen) atoms. The highest BCUT2D eigenvalue weighted by molar-refractivity contribution is 7.89. The molecule has 4 rings (SSSR count). The van der Waals surface area contributed by atoms with E-state index in [1.54, 1.807) is 51.1 Å². The third kappa shape index (κ3) is 8.17. The first-order valence-corrected chi connectivity index (χ1v) is 16.3. The minimum atomic E-state index is -4.34. The summed E-state index contributed by atoms with van der Waals surface area (Å²) in [7, 11) is -4.34. The van der Waals surface area contributed by atoms with Crippen molar-refractivity contribution in [2.45, 2.75) is 62.6 Å². The van der Waals surface area contributed by atoms with E-state index in [9.17, 15) is 27.9 Å². The lowest BCUT2D eigenvalue weighted by atomic mass is 9.90. The van der Waals surface area contributed by atoms with Crippen LogP contribution in [0.4, 0.5) is 10.5 Å². The molecule has 4 N–H and O–H groups in total. The number of carbonyl (C=O) groups excluding carboxylic acids is 3. The van der Waals surface area contributed by atoms with Crippen LogP contribution in [0.25, 0.3) is 0 Å². The van der Waals surface area contributed by atoms with Gasteiger partial charge < -0.3 is 33.8 Å². The molecule has 1 aliphatic heterocycles. The Hall–Kier alpha value is -3.86. The van der Waals surface area contributed by atoms with Crippen LogP contribution >= 0.6 is 23.2 Å². The van der Waals surface area contributed by atoms with Crippen molar-refractivity contribution >= 4 is 56.9 Å². The molecule has 1 aromatic heterocycles. The Morgan fingerprint density at radius 2 is 1.87 bits per heavy atom. The summed E-state index contributed by atoms with van der Waals surface area (Å²) in [4.78, 5) is 39.7. The first-order chi connectivity index (χ1) is 21.9. The van der Waals surface area contributed by atoms with Gasteiger partial charge in [0.2, 0.25) is 22.6 Å². The molecule has 1 amide bonds. The number of hydrogen-bond donors (Lipinski definition) is 3. The van der Waals surface area contributed by atoms with E-state index < -0.39 is 63.2 Å². The van der Waals surface area contributed by atoms with Crippen LogP contribution in [0.15, 0.2) is 64.1 Å². The van der Waals surface area contributed by atoms with Gasteiger partial charge in [0.1, 0.15) is 10.7 Å². The van der Waals surface area contributed by atoms with E-state index in [0.29, 0.717) is 16.3 Å². The van der Waals surface area contributed by atoms with Gasteiger partial charge in [-0.25, -0.2) is 27.9 Å². The monoisotopic (exact) mass is 713 g/mol. The molecular weight excluding hydrogens is 681 g/mol. The number of nitrogens with two attached hydrogens (primary N) is 1. The number of nitrogens with zero attached hydrogens (tertiary/aromatic N) is 1. The smallest absolute Gasteiger partial charge is 0.413 e. The van der Waals surface area contributed by atoms with Gasteiger partial charge in [-0.2, -0.15) is 0 Å². The summed E-state index contributed by atoms with van der Waals surface area (Å²) in [6, 6.07) is 10.8. The Kier molecular flexibility index (Phi) is 10.8. The number of benzene rings is 2. The van der Waals surface area contributed by atoms with Crippen molar-refractivity contribution in [3.8, 4) is 0 Å². The summed E-state index contributed by atoms with van der Waals surface area (Å²) in [5, 5.41) is 19.6. The molecule has 254 valence electrons. The summed E-state index contributed by atoms with van der Waals surface area (Å²) in [5.41, 5.74) is -0.847. The number of esters is 2. The Balaban J connectivity index is 1.41. The number of rotatable bonds is 10. The lowest BCUT2D eigenvalue weighted by Crippen LogP contribution is -2.66. The Labute approximate surface area is 280 Å². The predicted octanol–water partition coefficient (Wildman–Crippen LogP) is 4.37. The van der Waals surface area contributed by atoms with Crippen molar-refractivity contribution < 1.29 is 51.3 Å². The second kappa shape index (κ2) is 14.1. The topological polar surface area (TPSA) is 197 Å². The molecule has 14 nitrogen and oxygen atoms in total. The number of nitrogens with one attached hydrogen (secondary N) is 1. The predicted molar refractivity (Wildman–Crippen MR) is 168 cm³/mol. The Morgan fingerprint density at radius 1 is 1.15 bits per heavy atom. The number of carbonyl (C=O) groups is 3. The molecule has 3 aromatic rings. The van der Waals surface area contributed by atoms with E-state index in [-0.39, 0.29) is 29.4 Å². The summed E-state index contributed by atoms with van der Waals surface area (Å²) in [6.07, 6.45) is -1.01. The second-order valence-corrected chi connectivity index (χ2v) is 13.6. The van der Waals surface area contributed by atoms with Gasteiger partial charge in [-0.1, -0.05) is 35.3 Å². The number of aliphatic hydroxyl groups is 1. The fraction of sp³-hybridized carbons (Fsp3) is 0.367. The van der Waals surface area contributed by atoms with Crippen LogP contribution in [0.3, 0.4) is 0 Å². The van der Waals surface area contributed by atoms with Gasteiger partial charge >= 0.3 is 18.0 Å². The molecule has 0 spiro atoms. The maximum Gasteiger partial charge on any atom is 0.413 e. The zero-order valence-electron chi connectivity index (χ0n) is 25.7. The fourth-order valence-electron chi connectivity index (χ4n) is 4.90. The molecule has 2 aromatic carbocycles. The van der Waals surface area contributed by atoms with Gasteiger partial charge in [0.05, 0.1) is 47.3 Å². The average Bonchev–Trinajstić information content (AvgIpc) is 3.51. The van der Waals surface area contributed by atoms with Gasteiger partial charge in [-0.05, 0) is 64.1 Å². The van der Waals surface area contributed by atoms with Crippen molar-refractivity contribution in [3.05, 3.63) is 81.7 Å². The number of sulfonamides is 1. The molecular formula is C30H33Cl2N3O11S. The van der Waals surface area contributed by atoms with Crippen LogP contribution in [-0.2, 0) is 46.1 Å². The van der Waals surface area contributed by atoms with Crippen molar-refractivity contribution in [3.63, 3.8) is 0 Å². The van der Waals surface area contributed by atoms with Crippen LogP contribution in [0.2, 0.25) is 10.0 Å². The third-order valence-corrected chi connectivity index (χ3v) is 8.93. The van der Waals surface area contributed by atoms with Crippen molar-refractivity contribution in [1.82, 2.24) is 4.90 Å². The lowest BCUT2D eigenvalue weighted by molar-refractivity contribution is -0.295. The highest BCUT2D eigenvalue weighted by atomic mass is 35.5. The molecule has 0 radical (unpaired) electrons. The summed E-state index contributed by atoms with van der Waals surface area (Å²) >= 11 is 12.2. The molecule has 1 fully saturated rings. The number of morpholine rings is 1. The molecule has 2 heterocycles. The molecule has 0 saturated carbocycles. The minimum absolute atomic E-state index is 0.0678. The first kappa shape index (κ1) is 36.0. The van der Waals surface area contributed by atoms with E-state index in [2.05, 4.69) is 5.32 Å². The SMILES string of the molecule is CC(OC(=O)c1cc(S(N)(=O)=O)c(Cl)cc1NCc1ccco1)C(=O)OCOC(=O)N1[C@@H](C)[C@](O)(c2cccc(Cl)c2)OCC1(C)C. The average molecular weight is 715 g/mol. The number of furan rings is 1. The Bertz CT molecular complexity index is 1750. The van der Waals surface area contributed by atoms with Gasteiger partial charge in [0, 0.05) is 10.6 Å². The highest BCUT2D eigenvalue weighted by Crippen LogP contribution is 2.40. The van der Waals surface area contributed by atoms with E-state index >= 15 is 0 Å². The second-order valence-electron chi connectivity index (χ2n) is 11.2. The van der Waals surface area contributed by atoms with Crippen molar-refractivity contribution in [2.75, 3.05) is 18.7 Å². The van der Waals surface area contributed by atoms with E-state index in [1.807, 2.05) is 0 Å². The molecule has 17 heteroatoms. The number of hydrogen-bond acceptors (Lipinski definition) is 12. The van der Waals surface area contributed by atoms with Crippen LogP contribution in [-0.4, -0.2) is 67.5 Å². The normalized spacial score (nSPS) is 19.8. The molecule has 0 aliphatic carbocycles. The van der Waals surface area contributed by atoms with Crippen LogP contribution in [0, 0.1) is 0 Å². The number of ether oxygens (including phenoxy) is 4. The van der Waals surface area contributed by atoms with Gasteiger partial charge in [0.15, 0.2) is 6.10 Å². The zero-order valence-corrected chi connectivity index (χ0v) is 28.0. The number of halogens is 2. The molecule has 3 atom stereocenters. The maximum atomic E-state index is 13.2. The standard InChI is InChI=1S/C30H33Cl2N3O11S/c1-17(46-27(37)22-12-25(47(33,40)41)23(32)13-24(22)34-14-21-9-6-10-42-21)26(36)43-16-44-28(38)35-18(2)30(39,45-15-29(35,3)4)19-7-5-8-20(31)11-19/h5-13,17-18,34,39H,14-16H2,1-4H3,(H2,33,40,41)/t17?,18-,30+/m0/s1. The van der Waals surface area contributed by atoms with Crippen molar-refractivity contribution in [1.29, 1.82) is 0 Å². The lowest BCUT2D eigenvalue weighted by Gasteiger charge is -2.52. The van der Waals surface area contributed by atoms with Gasteiger partial charge in [0.25, 0.3) is 0 Å². The summed E-state index contributed by atoms with van der Waals surface area (Å²) < 4.78 is 50.6. The molecule has 1 unspecified atom stereocenters.